The Bertz CT molecular complexity index is 763. The summed E-state index contributed by atoms with van der Waals surface area (Å²) in [4.78, 5) is 12.2. The number of nitrogens with one attached hydrogen (secondary N) is 2. The molecule has 0 spiro atoms. The van der Waals surface area contributed by atoms with E-state index in [9.17, 15) is 4.79 Å². The largest absolute Gasteiger partial charge is 0.490 e. The Balaban J connectivity index is 1.99. The van der Waals surface area contributed by atoms with E-state index in [1.54, 1.807) is 6.07 Å². The van der Waals surface area contributed by atoms with E-state index in [0.717, 1.165) is 36.2 Å². The van der Waals surface area contributed by atoms with Gasteiger partial charge in [-0.15, -0.1) is 0 Å². The van der Waals surface area contributed by atoms with Crippen LogP contribution in [0.3, 0.4) is 0 Å². The molecule has 0 atom stereocenters. The zero-order valence-electron chi connectivity index (χ0n) is 16.8. The maximum absolute atomic E-state index is 12.2. The number of carbonyl (C=O) groups is 1. The quantitative estimate of drug-likeness (QED) is 0.520. The number of aryl methyl sites for hydroxylation is 1. The fraction of sp³-hybridized carbons (Fsp3) is 0.409. The van der Waals surface area contributed by atoms with E-state index >= 15 is 0 Å². The summed E-state index contributed by atoms with van der Waals surface area (Å²) in [5.41, 5.74) is 2.81. The molecule has 2 N–H and O–H groups in total. The standard InChI is InChI=1S/C22H29ClN2O3/c1-4-6-11-24-14-17-12-20(27-5-2)21(13-19(17)23)28-15-22(26)25-18-9-7-16(3)8-10-18/h7-10,12-13,24H,4-6,11,14-15H2,1-3H3,(H,25,26). The Morgan fingerprint density at radius 2 is 1.79 bits per heavy atom. The molecule has 0 aliphatic rings. The van der Waals surface area contributed by atoms with Gasteiger partial charge >= 0.3 is 0 Å². The summed E-state index contributed by atoms with van der Waals surface area (Å²) in [6.45, 7) is 8.03. The van der Waals surface area contributed by atoms with Gasteiger partial charge in [-0.05, 0) is 50.6 Å². The molecule has 28 heavy (non-hydrogen) atoms. The molecule has 0 fully saturated rings. The molecule has 0 aromatic heterocycles. The van der Waals surface area contributed by atoms with Gasteiger partial charge in [-0.2, -0.15) is 0 Å². The number of anilines is 1. The van der Waals surface area contributed by atoms with Crippen molar-refractivity contribution in [3.05, 3.63) is 52.5 Å². The molecular formula is C22H29ClN2O3. The van der Waals surface area contributed by atoms with Crippen molar-refractivity contribution in [3.63, 3.8) is 0 Å². The molecule has 5 nitrogen and oxygen atoms in total. The molecule has 0 aliphatic carbocycles. The lowest BCUT2D eigenvalue weighted by Gasteiger charge is -2.15. The number of halogens is 1. The Hall–Kier alpha value is -2.24. The number of rotatable bonds is 11. The molecule has 6 heteroatoms. The Labute approximate surface area is 172 Å². The first-order chi connectivity index (χ1) is 13.5. The normalized spacial score (nSPS) is 10.6. The molecule has 0 saturated carbocycles. The molecule has 2 aromatic rings. The van der Waals surface area contributed by atoms with Gasteiger partial charge in [0.2, 0.25) is 0 Å². The number of carbonyl (C=O) groups excluding carboxylic acids is 1. The van der Waals surface area contributed by atoms with E-state index in [0.29, 0.717) is 29.7 Å². The topological polar surface area (TPSA) is 59.6 Å². The summed E-state index contributed by atoms with van der Waals surface area (Å²) < 4.78 is 11.4. The maximum Gasteiger partial charge on any atom is 0.262 e. The van der Waals surface area contributed by atoms with Crippen LogP contribution in [0.15, 0.2) is 36.4 Å². The van der Waals surface area contributed by atoms with Crippen molar-refractivity contribution >= 4 is 23.2 Å². The predicted octanol–water partition coefficient (Wildman–Crippen LogP) is 4.95. The van der Waals surface area contributed by atoms with Crippen LogP contribution in [-0.4, -0.2) is 25.7 Å². The van der Waals surface area contributed by atoms with E-state index in [1.165, 1.54) is 0 Å². The van der Waals surface area contributed by atoms with Crippen molar-refractivity contribution in [3.8, 4) is 11.5 Å². The molecule has 2 aromatic carbocycles. The van der Waals surface area contributed by atoms with Crippen LogP contribution < -0.4 is 20.1 Å². The average Bonchev–Trinajstić information content (AvgIpc) is 2.68. The molecule has 0 bridgehead atoms. The molecule has 152 valence electrons. The fourth-order valence-electron chi connectivity index (χ4n) is 2.60. The second-order valence-electron chi connectivity index (χ2n) is 6.56. The van der Waals surface area contributed by atoms with Gasteiger partial charge in [0.1, 0.15) is 0 Å². The second-order valence-corrected chi connectivity index (χ2v) is 6.96. The van der Waals surface area contributed by atoms with Gasteiger partial charge in [-0.25, -0.2) is 0 Å². The fourth-order valence-corrected chi connectivity index (χ4v) is 2.82. The van der Waals surface area contributed by atoms with Crippen LogP contribution in [0.1, 0.15) is 37.8 Å². The maximum atomic E-state index is 12.2. The molecule has 1 amide bonds. The average molecular weight is 405 g/mol. The van der Waals surface area contributed by atoms with Crippen molar-refractivity contribution in [1.29, 1.82) is 0 Å². The first-order valence-corrected chi connectivity index (χ1v) is 10.1. The van der Waals surface area contributed by atoms with E-state index < -0.39 is 0 Å². The molecule has 0 radical (unpaired) electrons. The molecule has 0 saturated heterocycles. The van der Waals surface area contributed by atoms with Gasteiger partial charge in [0.05, 0.1) is 6.61 Å². The van der Waals surface area contributed by atoms with E-state index in [-0.39, 0.29) is 12.5 Å². The summed E-state index contributed by atoms with van der Waals surface area (Å²) >= 11 is 6.40. The Morgan fingerprint density at radius 1 is 1.07 bits per heavy atom. The van der Waals surface area contributed by atoms with Gasteiger partial charge in [0, 0.05) is 23.3 Å². The van der Waals surface area contributed by atoms with Crippen molar-refractivity contribution in [2.45, 2.75) is 40.2 Å². The highest BCUT2D eigenvalue weighted by Gasteiger charge is 2.13. The summed E-state index contributed by atoms with van der Waals surface area (Å²) in [6.07, 6.45) is 2.26. The molecule has 0 aliphatic heterocycles. The first-order valence-electron chi connectivity index (χ1n) is 9.68. The van der Waals surface area contributed by atoms with Gasteiger partial charge in [0.15, 0.2) is 18.1 Å². The van der Waals surface area contributed by atoms with Crippen molar-refractivity contribution < 1.29 is 14.3 Å². The number of amides is 1. The van der Waals surface area contributed by atoms with Crippen LogP contribution in [0.4, 0.5) is 5.69 Å². The lowest BCUT2D eigenvalue weighted by molar-refractivity contribution is -0.118. The molecule has 0 unspecified atom stereocenters. The van der Waals surface area contributed by atoms with Gasteiger partial charge < -0.3 is 20.1 Å². The predicted molar refractivity (Wildman–Crippen MR) is 115 cm³/mol. The third-order valence-electron chi connectivity index (χ3n) is 4.13. The number of hydrogen-bond donors (Lipinski definition) is 2. The van der Waals surface area contributed by atoms with E-state index in [1.807, 2.05) is 44.2 Å². The third kappa shape index (κ3) is 7.06. The van der Waals surface area contributed by atoms with Crippen molar-refractivity contribution in [2.24, 2.45) is 0 Å². The summed E-state index contributed by atoms with van der Waals surface area (Å²) in [6, 6.07) is 11.2. The monoisotopic (exact) mass is 404 g/mol. The highest BCUT2D eigenvalue weighted by Crippen LogP contribution is 2.33. The number of ether oxygens (including phenoxy) is 2. The number of unbranched alkanes of at least 4 members (excludes halogenated alkanes) is 1. The lowest BCUT2D eigenvalue weighted by atomic mass is 10.2. The highest BCUT2D eigenvalue weighted by molar-refractivity contribution is 6.31. The zero-order valence-corrected chi connectivity index (χ0v) is 17.6. The van der Waals surface area contributed by atoms with Crippen LogP contribution in [0.5, 0.6) is 11.5 Å². The minimum Gasteiger partial charge on any atom is -0.490 e. The van der Waals surface area contributed by atoms with Crippen molar-refractivity contribution in [1.82, 2.24) is 5.32 Å². The van der Waals surface area contributed by atoms with Crippen LogP contribution in [-0.2, 0) is 11.3 Å². The second kappa shape index (κ2) is 11.6. The molecule has 2 rings (SSSR count). The van der Waals surface area contributed by atoms with Crippen LogP contribution >= 0.6 is 11.6 Å². The van der Waals surface area contributed by atoms with Crippen LogP contribution in [0, 0.1) is 6.92 Å². The summed E-state index contributed by atoms with van der Waals surface area (Å²) in [5, 5.41) is 6.76. The van der Waals surface area contributed by atoms with Crippen molar-refractivity contribution in [2.75, 3.05) is 25.1 Å². The van der Waals surface area contributed by atoms with Gasteiger partial charge in [-0.3, -0.25) is 4.79 Å². The lowest BCUT2D eigenvalue weighted by Crippen LogP contribution is -2.20. The molecular weight excluding hydrogens is 376 g/mol. The first kappa shape index (κ1) is 22.1. The van der Waals surface area contributed by atoms with E-state index in [2.05, 4.69) is 17.6 Å². The summed E-state index contributed by atoms with van der Waals surface area (Å²) in [7, 11) is 0. The summed E-state index contributed by atoms with van der Waals surface area (Å²) in [5.74, 6) is 0.804. The van der Waals surface area contributed by atoms with Crippen LogP contribution in [0.25, 0.3) is 0 Å². The van der Waals surface area contributed by atoms with Gasteiger partial charge in [-0.1, -0.05) is 42.6 Å². The third-order valence-corrected chi connectivity index (χ3v) is 4.48. The van der Waals surface area contributed by atoms with Crippen LogP contribution in [0.2, 0.25) is 5.02 Å². The zero-order chi connectivity index (χ0) is 20.4. The minimum atomic E-state index is -0.243. The minimum absolute atomic E-state index is 0.127. The Morgan fingerprint density at radius 3 is 2.46 bits per heavy atom. The smallest absolute Gasteiger partial charge is 0.262 e. The van der Waals surface area contributed by atoms with Gasteiger partial charge in [0.25, 0.3) is 5.91 Å². The van der Waals surface area contributed by atoms with E-state index in [4.69, 9.17) is 21.1 Å². The molecule has 0 heterocycles. The number of benzene rings is 2. The number of hydrogen-bond acceptors (Lipinski definition) is 4. The SMILES string of the molecule is CCCCNCc1cc(OCC)c(OCC(=O)Nc2ccc(C)cc2)cc1Cl. The Kier molecular flexibility index (Phi) is 9.11. The highest BCUT2D eigenvalue weighted by atomic mass is 35.5.